The zero-order chi connectivity index (χ0) is 13.5. The van der Waals surface area contributed by atoms with Crippen LogP contribution in [0.25, 0.3) is 0 Å². The Morgan fingerprint density at radius 2 is 2.00 bits per heavy atom. The highest BCUT2D eigenvalue weighted by Gasteiger charge is 2.06. The molecule has 0 bridgehead atoms. The number of carbonyl (C=O) groups is 1. The maximum Gasteiger partial charge on any atom is 0.159 e. The van der Waals surface area contributed by atoms with Crippen molar-refractivity contribution in [1.82, 2.24) is 4.90 Å². The van der Waals surface area contributed by atoms with E-state index in [-0.39, 0.29) is 5.78 Å². The molecule has 1 rings (SSSR count). The van der Waals surface area contributed by atoms with Crippen molar-refractivity contribution in [2.45, 2.75) is 20.8 Å². The van der Waals surface area contributed by atoms with Gasteiger partial charge in [-0.2, -0.15) is 0 Å². The van der Waals surface area contributed by atoms with Crippen molar-refractivity contribution in [3.63, 3.8) is 0 Å². The lowest BCUT2D eigenvalue weighted by Gasteiger charge is -2.18. The van der Waals surface area contributed by atoms with Gasteiger partial charge in [0.15, 0.2) is 5.78 Å². The fourth-order valence-electron chi connectivity index (χ4n) is 1.66. The Hall–Kier alpha value is -0.870. The lowest BCUT2D eigenvalue weighted by Crippen LogP contribution is -2.27. The molecular formula is C14H20BrNO2. The van der Waals surface area contributed by atoms with Gasteiger partial charge in [0.2, 0.25) is 0 Å². The molecular weight excluding hydrogens is 294 g/mol. The SMILES string of the molecule is CCN(CC)CCOc1ccc(C(C)=O)cc1Br. The molecule has 0 unspecified atom stereocenters. The zero-order valence-electron chi connectivity index (χ0n) is 11.2. The number of likely N-dealkylation sites (N-methyl/N-ethyl adjacent to an activating group) is 1. The van der Waals surface area contributed by atoms with Crippen LogP contribution in [0.1, 0.15) is 31.1 Å². The average molecular weight is 314 g/mol. The maximum atomic E-state index is 11.2. The number of nitrogens with zero attached hydrogens (tertiary/aromatic N) is 1. The lowest BCUT2D eigenvalue weighted by molar-refractivity contribution is 0.101. The first-order valence-electron chi connectivity index (χ1n) is 6.24. The van der Waals surface area contributed by atoms with Gasteiger partial charge in [0.1, 0.15) is 12.4 Å². The van der Waals surface area contributed by atoms with Crippen LogP contribution < -0.4 is 4.74 Å². The van der Waals surface area contributed by atoms with Crippen molar-refractivity contribution in [1.29, 1.82) is 0 Å². The van der Waals surface area contributed by atoms with E-state index < -0.39 is 0 Å². The van der Waals surface area contributed by atoms with Crippen molar-refractivity contribution in [2.24, 2.45) is 0 Å². The van der Waals surface area contributed by atoms with Crippen molar-refractivity contribution < 1.29 is 9.53 Å². The number of ether oxygens (including phenoxy) is 1. The fourth-order valence-corrected chi connectivity index (χ4v) is 2.15. The van der Waals surface area contributed by atoms with E-state index in [4.69, 9.17) is 4.74 Å². The molecule has 0 radical (unpaired) electrons. The molecule has 100 valence electrons. The minimum atomic E-state index is 0.0605. The quantitative estimate of drug-likeness (QED) is 0.723. The molecule has 0 aliphatic carbocycles. The van der Waals surface area contributed by atoms with Crippen LogP contribution in [0, 0.1) is 0 Å². The molecule has 0 heterocycles. The number of Topliss-reactive ketones (excluding diaryl/α,β-unsaturated/α-hetero) is 1. The summed E-state index contributed by atoms with van der Waals surface area (Å²) in [6.45, 7) is 9.47. The van der Waals surface area contributed by atoms with Crippen LogP contribution in [0.3, 0.4) is 0 Å². The van der Waals surface area contributed by atoms with Crippen LogP contribution in [0.4, 0.5) is 0 Å². The molecule has 0 saturated carbocycles. The van der Waals surface area contributed by atoms with Gasteiger partial charge >= 0.3 is 0 Å². The van der Waals surface area contributed by atoms with Gasteiger partial charge in [-0.25, -0.2) is 0 Å². The number of benzene rings is 1. The third kappa shape index (κ3) is 4.42. The van der Waals surface area contributed by atoms with Crippen molar-refractivity contribution in [3.05, 3.63) is 28.2 Å². The van der Waals surface area contributed by atoms with Crippen LogP contribution in [0.15, 0.2) is 22.7 Å². The number of hydrogen-bond acceptors (Lipinski definition) is 3. The number of rotatable bonds is 7. The fraction of sp³-hybridized carbons (Fsp3) is 0.500. The van der Waals surface area contributed by atoms with Crippen molar-refractivity contribution in [2.75, 3.05) is 26.2 Å². The average Bonchev–Trinajstić information content (AvgIpc) is 2.36. The molecule has 0 atom stereocenters. The summed E-state index contributed by atoms with van der Waals surface area (Å²) in [5.74, 6) is 0.845. The zero-order valence-corrected chi connectivity index (χ0v) is 12.8. The largest absolute Gasteiger partial charge is 0.491 e. The molecule has 0 aliphatic rings. The highest BCUT2D eigenvalue weighted by Crippen LogP contribution is 2.26. The van der Waals surface area contributed by atoms with Gasteiger partial charge in [-0.3, -0.25) is 4.79 Å². The molecule has 0 aliphatic heterocycles. The van der Waals surface area contributed by atoms with Gasteiger partial charge in [-0.15, -0.1) is 0 Å². The van der Waals surface area contributed by atoms with Gasteiger partial charge in [-0.05, 0) is 54.1 Å². The summed E-state index contributed by atoms with van der Waals surface area (Å²) in [5, 5.41) is 0. The predicted molar refractivity (Wildman–Crippen MR) is 77.4 cm³/mol. The molecule has 1 aromatic rings. The van der Waals surface area contributed by atoms with E-state index >= 15 is 0 Å². The van der Waals surface area contributed by atoms with E-state index in [0.717, 1.165) is 29.9 Å². The van der Waals surface area contributed by atoms with Crippen molar-refractivity contribution in [3.8, 4) is 5.75 Å². The lowest BCUT2D eigenvalue weighted by atomic mass is 10.1. The molecule has 0 amide bonds. The van der Waals surface area contributed by atoms with E-state index in [0.29, 0.717) is 12.2 Å². The Morgan fingerprint density at radius 3 is 2.50 bits per heavy atom. The molecule has 0 N–H and O–H groups in total. The highest BCUT2D eigenvalue weighted by atomic mass is 79.9. The van der Waals surface area contributed by atoms with Crippen LogP contribution in [0.2, 0.25) is 0 Å². The first-order valence-corrected chi connectivity index (χ1v) is 7.03. The third-order valence-corrected chi connectivity index (χ3v) is 3.52. The topological polar surface area (TPSA) is 29.5 Å². The first-order chi connectivity index (χ1) is 8.58. The number of carbonyl (C=O) groups excluding carboxylic acids is 1. The van der Waals surface area contributed by atoms with E-state index in [1.54, 1.807) is 19.1 Å². The summed E-state index contributed by atoms with van der Waals surface area (Å²) in [7, 11) is 0. The summed E-state index contributed by atoms with van der Waals surface area (Å²) < 4.78 is 6.53. The van der Waals surface area contributed by atoms with Crippen LogP contribution in [0.5, 0.6) is 5.75 Å². The molecule has 0 saturated heterocycles. The third-order valence-electron chi connectivity index (χ3n) is 2.90. The number of halogens is 1. The Bertz CT molecular complexity index is 403. The van der Waals surface area contributed by atoms with E-state index in [9.17, 15) is 4.79 Å². The minimum absolute atomic E-state index is 0.0605. The normalized spacial score (nSPS) is 10.7. The standard InChI is InChI=1S/C14H20BrNO2/c1-4-16(5-2)8-9-18-14-7-6-12(11(3)17)10-13(14)15/h6-7,10H,4-5,8-9H2,1-3H3. The van der Waals surface area contributed by atoms with Crippen LogP contribution >= 0.6 is 15.9 Å². The van der Waals surface area contributed by atoms with Gasteiger partial charge in [0, 0.05) is 12.1 Å². The number of ketones is 1. The second kappa shape index (κ2) is 7.54. The van der Waals surface area contributed by atoms with Gasteiger partial charge in [0.05, 0.1) is 4.47 Å². The number of hydrogen-bond donors (Lipinski definition) is 0. The van der Waals surface area contributed by atoms with Crippen LogP contribution in [-0.2, 0) is 0 Å². The minimum Gasteiger partial charge on any atom is -0.491 e. The van der Waals surface area contributed by atoms with Gasteiger partial charge in [0.25, 0.3) is 0 Å². The highest BCUT2D eigenvalue weighted by molar-refractivity contribution is 9.10. The second-order valence-electron chi connectivity index (χ2n) is 4.08. The summed E-state index contributed by atoms with van der Waals surface area (Å²) in [5.41, 5.74) is 0.693. The van der Waals surface area contributed by atoms with E-state index in [1.165, 1.54) is 0 Å². The monoisotopic (exact) mass is 313 g/mol. The molecule has 18 heavy (non-hydrogen) atoms. The predicted octanol–water partition coefficient (Wildman–Crippen LogP) is 3.37. The Labute approximate surface area is 117 Å². The molecule has 3 nitrogen and oxygen atoms in total. The summed E-state index contributed by atoms with van der Waals surface area (Å²) >= 11 is 3.43. The van der Waals surface area contributed by atoms with Crippen LogP contribution in [-0.4, -0.2) is 36.9 Å². The molecule has 4 heteroatoms. The summed E-state index contributed by atoms with van der Waals surface area (Å²) in [4.78, 5) is 13.5. The first kappa shape index (κ1) is 15.2. The van der Waals surface area contributed by atoms with E-state index in [1.807, 2.05) is 6.07 Å². The Balaban J connectivity index is 2.55. The second-order valence-corrected chi connectivity index (χ2v) is 4.93. The van der Waals surface area contributed by atoms with E-state index in [2.05, 4.69) is 34.7 Å². The summed E-state index contributed by atoms with van der Waals surface area (Å²) in [6.07, 6.45) is 0. The Morgan fingerprint density at radius 1 is 1.33 bits per heavy atom. The smallest absolute Gasteiger partial charge is 0.159 e. The molecule has 0 fully saturated rings. The maximum absolute atomic E-state index is 11.2. The van der Waals surface area contributed by atoms with Gasteiger partial charge < -0.3 is 9.64 Å². The van der Waals surface area contributed by atoms with Crippen molar-refractivity contribution >= 4 is 21.7 Å². The molecule has 0 spiro atoms. The molecule has 1 aromatic carbocycles. The Kier molecular flexibility index (Phi) is 6.36. The van der Waals surface area contributed by atoms with Gasteiger partial charge in [-0.1, -0.05) is 13.8 Å². The molecule has 0 aromatic heterocycles. The summed E-state index contributed by atoms with van der Waals surface area (Å²) in [6, 6.07) is 5.43.